The minimum atomic E-state index is -0.695. The second-order valence-electron chi connectivity index (χ2n) is 11.2. The SMILES string of the molecule is CCOC(=O)c1ccc(COc2ccc(/C=c3\sc4n(c3=O)[C@@H](c3ccc(OCC)cc3)C(C(=O)Nc3ccccc3)=C(C)N=4)cc2)cc1. The number of benzene rings is 4. The van der Waals surface area contributed by atoms with E-state index in [2.05, 4.69) is 5.32 Å². The number of para-hydroxylation sites is 1. The monoisotopic (exact) mass is 673 g/mol. The molecule has 0 saturated carbocycles. The maximum atomic E-state index is 14.1. The summed E-state index contributed by atoms with van der Waals surface area (Å²) < 4.78 is 18.7. The number of ether oxygens (including phenoxy) is 3. The van der Waals surface area contributed by atoms with E-state index in [1.165, 1.54) is 11.3 Å². The van der Waals surface area contributed by atoms with Gasteiger partial charge >= 0.3 is 5.97 Å². The number of esters is 1. The van der Waals surface area contributed by atoms with Crippen molar-refractivity contribution in [2.24, 2.45) is 4.99 Å². The molecule has 0 bridgehead atoms. The first-order valence-corrected chi connectivity index (χ1v) is 16.8. The highest BCUT2D eigenvalue weighted by atomic mass is 32.1. The maximum absolute atomic E-state index is 14.1. The summed E-state index contributed by atoms with van der Waals surface area (Å²) in [6.07, 6.45) is 1.82. The average Bonchev–Trinajstić information content (AvgIpc) is 3.42. The van der Waals surface area contributed by atoms with Crippen LogP contribution in [0.15, 0.2) is 124 Å². The van der Waals surface area contributed by atoms with E-state index in [-0.39, 0.29) is 17.4 Å². The van der Waals surface area contributed by atoms with Gasteiger partial charge in [0.15, 0.2) is 4.80 Å². The number of thiazole rings is 1. The molecule has 6 rings (SSSR count). The number of carbonyl (C=O) groups is 2. The van der Waals surface area contributed by atoms with Crippen LogP contribution >= 0.6 is 11.3 Å². The lowest BCUT2D eigenvalue weighted by atomic mass is 9.95. The number of rotatable bonds is 11. The van der Waals surface area contributed by atoms with Crippen LogP contribution in [0.25, 0.3) is 6.08 Å². The minimum absolute atomic E-state index is 0.244. The van der Waals surface area contributed by atoms with Crippen molar-refractivity contribution in [3.63, 3.8) is 0 Å². The molecule has 5 aromatic rings. The largest absolute Gasteiger partial charge is 0.494 e. The number of allylic oxidation sites excluding steroid dienone is 1. The molecule has 4 aromatic carbocycles. The fourth-order valence-electron chi connectivity index (χ4n) is 5.49. The van der Waals surface area contributed by atoms with Crippen LogP contribution in [0.4, 0.5) is 5.69 Å². The lowest BCUT2D eigenvalue weighted by Gasteiger charge is -2.25. The average molecular weight is 674 g/mol. The second-order valence-corrected chi connectivity index (χ2v) is 12.2. The van der Waals surface area contributed by atoms with E-state index >= 15 is 0 Å². The van der Waals surface area contributed by atoms with E-state index in [9.17, 15) is 14.4 Å². The van der Waals surface area contributed by atoms with E-state index in [4.69, 9.17) is 19.2 Å². The molecule has 49 heavy (non-hydrogen) atoms. The first-order valence-electron chi connectivity index (χ1n) is 15.9. The summed E-state index contributed by atoms with van der Waals surface area (Å²) in [5.41, 5.74) is 4.32. The summed E-state index contributed by atoms with van der Waals surface area (Å²) in [7, 11) is 0. The van der Waals surface area contributed by atoms with Gasteiger partial charge in [-0.25, -0.2) is 9.79 Å². The van der Waals surface area contributed by atoms with E-state index < -0.39 is 6.04 Å². The van der Waals surface area contributed by atoms with Gasteiger partial charge < -0.3 is 19.5 Å². The standard InChI is InChI=1S/C39H35N3O6S/c1-4-46-31-21-17-28(18-22-31)35-34(36(43)41-30-9-7-6-8-10-30)25(3)40-39-42(35)37(44)33(49-39)23-26-13-19-32(20-14-26)48-24-27-11-15-29(16-12-27)38(45)47-5-2/h6-23,35H,4-5,24H2,1-3H3,(H,41,43)/b33-23-/t35-/m0/s1. The zero-order chi connectivity index (χ0) is 34.3. The van der Waals surface area contributed by atoms with Crippen LogP contribution in [0.5, 0.6) is 11.5 Å². The summed E-state index contributed by atoms with van der Waals surface area (Å²) in [6.45, 7) is 6.66. The molecule has 0 radical (unpaired) electrons. The molecule has 1 aliphatic rings. The van der Waals surface area contributed by atoms with Crippen molar-refractivity contribution in [2.45, 2.75) is 33.4 Å². The van der Waals surface area contributed by atoms with Crippen molar-refractivity contribution in [3.8, 4) is 11.5 Å². The lowest BCUT2D eigenvalue weighted by molar-refractivity contribution is -0.113. The third-order valence-electron chi connectivity index (χ3n) is 7.85. The van der Waals surface area contributed by atoms with Crippen LogP contribution < -0.4 is 29.7 Å². The van der Waals surface area contributed by atoms with Crippen molar-refractivity contribution >= 4 is 35.0 Å². The Balaban J connectivity index is 1.27. The fourth-order valence-corrected chi connectivity index (χ4v) is 6.54. The Kier molecular flexibility index (Phi) is 10.2. The molecule has 0 spiro atoms. The molecule has 248 valence electrons. The molecular weight excluding hydrogens is 639 g/mol. The van der Waals surface area contributed by atoms with Crippen LogP contribution in [0.2, 0.25) is 0 Å². The van der Waals surface area contributed by atoms with Crippen molar-refractivity contribution in [1.82, 2.24) is 4.57 Å². The Morgan fingerprint density at radius 2 is 1.53 bits per heavy atom. The molecule has 1 atom stereocenters. The predicted molar refractivity (Wildman–Crippen MR) is 190 cm³/mol. The van der Waals surface area contributed by atoms with E-state index in [1.807, 2.05) is 104 Å². The minimum Gasteiger partial charge on any atom is -0.494 e. The van der Waals surface area contributed by atoms with Gasteiger partial charge in [0, 0.05) is 5.69 Å². The maximum Gasteiger partial charge on any atom is 0.338 e. The summed E-state index contributed by atoms with van der Waals surface area (Å²) in [5.74, 6) is 0.683. The normalized spacial score (nSPS) is 14.1. The van der Waals surface area contributed by atoms with Crippen LogP contribution in [-0.2, 0) is 16.1 Å². The number of hydrogen-bond donors (Lipinski definition) is 1. The number of fused-ring (bicyclic) bond motifs is 1. The summed E-state index contributed by atoms with van der Waals surface area (Å²) in [4.78, 5) is 45.0. The number of carbonyl (C=O) groups excluding carboxylic acids is 2. The Morgan fingerprint density at radius 1 is 0.857 bits per heavy atom. The molecule has 9 nitrogen and oxygen atoms in total. The molecule has 1 aromatic heterocycles. The van der Waals surface area contributed by atoms with Gasteiger partial charge in [0.2, 0.25) is 0 Å². The van der Waals surface area contributed by atoms with Crippen molar-refractivity contribution in [1.29, 1.82) is 0 Å². The predicted octanol–water partition coefficient (Wildman–Crippen LogP) is 6.03. The number of amides is 1. The molecule has 0 fully saturated rings. The first kappa shape index (κ1) is 33.2. The van der Waals surface area contributed by atoms with Crippen LogP contribution in [0, 0.1) is 0 Å². The molecule has 1 aliphatic heterocycles. The number of nitrogens with zero attached hydrogens (tertiary/aromatic N) is 2. The second kappa shape index (κ2) is 15.0. The van der Waals surface area contributed by atoms with Gasteiger partial charge in [0.25, 0.3) is 11.5 Å². The smallest absolute Gasteiger partial charge is 0.338 e. The fraction of sp³-hybridized carbons (Fsp3) is 0.179. The van der Waals surface area contributed by atoms with Gasteiger partial charge in [-0.1, -0.05) is 65.9 Å². The summed E-state index contributed by atoms with van der Waals surface area (Å²) >= 11 is 1.28. The Morgan fingerprint density at radius 3 is 2.20 bits per heavy atom. The molecule has 10 heteroatoms. The van der Waals surface area contributed by atoms with Crippen LogP contribution in [-0.4, -0.2) is 29.7 Å². The molecule has 1 N–H and O–H groups in total. The highest BCUT2D eigenvalue weighted by Gasteiger charge is 2.32. The van der Waals surface area contributed by atoms with Gasteiger partial charge in [-0.05, 0) is 92.1 Å². The Hall–Kier alpha value is -5.74. The van der Waals surface area contributed by atoms with Crippen LogP contribution in [0.1, 0.15) is 53.9 Å². The highest BCUT2D eigenvalue weighted by molar-refractivity contribution is 7.07. The first-order chi connectivity index (χ1) is 23.8. The third-order valence-corrected chi connectivity index (χ3v) is 8.84. The van der Waals surface area contributed by atoms with Crippen LogP contribution in [0.3, 0.4) is 0 Å². The molecule has 1 amide bonds. The number of anilines is 1. The van der Waals surface area contributed by atoms with Gasteiger partial charge in [0.05, 0.1) is 40.6 Å². The number of aromatic nitrogens is 1. The van der Waals surface area contributed by atoms with E-state index in [1.54, 1.807) is 30.5 Å². The van der Waals surface area contributed by atoms with Crippen molar-refractivity contribution in [3.05, 3.63) is 156 Å². The topological polar surface area (TPSA) is 108 Å². The van der Waals surface area contributed by atoms with Gasteiger partial charge in [0.1, 0.15) is 18.1 Å². The lowest BCUT2D eigenvalue weighted by Crippen LogP contribution is -2.40. The van der Waals surface area contributed by atoms with Crippen molar-refractivity contribution in [2.75, 3.05) is 18.5 Å². The molecule has 0 saturated heterocycles. The van der Waals surface area contributed by atoms with Gasteiger partial charge in [-0.15, -0.1) is 0 Å². The van der Waals surface area contributed by atoms with Crippen molar-refractivity contribution < 1.29 is 23.8 Å². The zero-order valence-electron chi connectivity index (χ0n) is 27.3. The quantitative estimate of drug-likeness (QED) is 0.172. The summed E-state index contributed by atoms with van der Waals surface area (Å²) in [5, 5.41) is 2.98. The number of hydrogen-bond acceptors (Lipinski definition) is 8. The molecule has 0 unspecified atom stereocenters. The Labute approximate surface area is 287 Å². The van der Waals surface area contributed by atoms with Gasteiger partial charge in [-0.2, -0.15) is 0 Å². The summed E-state index contributed by atoms with van der Waals surface area (Å²) in [6, 6.07) is 30.5. The third kappa shape index (κ3) is 7.55. The number of nitrogens with one attached hydrogen (secondary N) is 1. The van der Waals surface area contributed by atoms with E-state index in [0.29, 0.717) is 63.2 Å². The molecule has 0 aliphatic carbocycles. The highest BCUT2D eigenvalue weighted by Crippen LogP contribution is 2.32. The zero-order valence-corrected chi connectivity index (χ0v) is 28.2. The molecular formula is C39H35N3O6S. The van der Waals surface area contributed by atoms with E-state index in [0.717, 1.165) is 16.7 Å². The molecule has 2 heterocycles. The Bertz CT molecular complexity index is 2170. The van der Waals surface area contributed by atoms with Gasteiger partial charge in [-0.3, -0.25) is 14.2 Å².